The number of hydrogen-bond donors (Lipinski definition) is 2. The van der Waals surface area contributed by atoms with Crippen molar-refractivity contribution in [2.75, 3.05) is 5.32 Å². The average molecular weight is 398 g/mol. The fourth-order valence-corrected chi connectivity index (χ4v) is 4.63. The summed E-state index contributed by atoms with van der Waals surface area (Å²) in [6.45, 7) is 0. The monoisotopic (exact) mass is 397 g/mol. The lowest BCUT2D eigenvalue weighted by molar-refractivity contribution is 0.0577. The molecular formula is C22H24ClN3O2. The third-order valence-electron chi connectivity index (χ3n) is 5.66. The Kier molecular flexibility index (Phi) is 5.53. The number of rotatable bonds is 3. The fourth-order valence-electron chi connectivity index (χ4n) is 4.44. The molecule has 4 rings (SSSR count). The molecule has 2 heterocycles. The lowest BCUT2D eigenvalue weighted by Gasteiger charge is -2.48. The Morgan fingerprint density at radius 2 is 1.68 bits per heavy atom. The van der Waals surface area contributed by atoms with E-state index in [1.165, 1.54) is 0 Å². The van der Waals surface area contributed by atoms with Crippen molar-refractivity contribution >= 4 is 29.2 Å². The Labute approximate surface area is 170 Å². The van der Waals surface area contributed by atoms with Gasteiger partial charge in [-0.2, -0.15) is 0 Å². The molecule has 6 heteroatoms. The summed E-state index contributed by atoms with van der Waals surface area (Å²) in [5, 5.41) is 6.74. The van der Waals surface area contributed by atoms with Gasteiger partial charge in [0, 0.05) is 34.4 Å². The van der Waals surface area contributed by atoms with Gasteiger partial charge in [-0.25, -0.2) is 4.79 Å². The number of nitrogens with zero attached hydrogens (tertiary/aromatic N) is 1. The number of fused-ring (bicyclic) bond motifs is 2. The third-order valence-corrected chi connectivity index (χ3v) is 5.89. The van der Waals surface area contributed by atoms with E-state index < -0.39 is 0 Å². The van der Waals surface area contributed by atoms with Crippen LogP contribution < -0.4 is 10.6 Å². The summed E-state index contributed by atoms with van der Waals surface area (Å²) in [4.78, 5) is 27.4. The molecule has 2 atom stereocenters. The minimum absolute atomic E-state index is 0.0412. The number of urea groups is 1. The Morgan fingerprint density at radius 3 is 2.36 bits per heavy atom. The van der Waals surface area contributed by atoms with Crippen molar-refractivity contribution in [2.24, 2.45) is 0 Å². The lowest BCUT2D eigenvalue weighted by atomic mass is 9.82. The summed E-state index contributed by atoms with van der Waals surface area (Å²) in [5.74, 6) is -0.0412. The van der Waals surface area contributed by atoms with Crippen molar-refractivity contribution in [2.45, 2.75) is 50.2 Å². The molecule has 0 unspecified atom stereocenters. The van der Waals surface area contributed by atoms with Gasteiger partial charge in [-0.3, -0.25) is 4.79 Å². The van der Waals surface area contributed by atoms with E-state index in [0.29, 0.717) is 16.3 Å². The molecule has 2 aromatic carbocycles. The zero-order valence-corrected chi connectivity index (χ0v) is 16.4. The maximum atomic E-state index is 12.9. The fraction of sp³-hybridized carbons (Fsp3) is 0.364. The highest BCUT2D eigenvalue weighted by atomic mass is 35.5. The summed E-state index contributed by atoms with van der Waals surface area (Å²) in [6.07, 6.45) is 4.64. The number of amides is 3. The van der Waals surface area contributed by atoms with Crippen molar-refractivity contribution in [3.8, 4) is 0 Å². The number of carbonyl (C=O) groups excluding carboxylic acids is 2. The van der Waals surface area contributed by atoms with E-state index in [1.807, 2.05) is 47.4 Å². The topological polar surface area (TPSA) is 61.4 Å². The van der Waals surface area contributed by atoms with Crippen LogP contribution in [0.3, 0.4) is 0 Å². The average Bonchev–Trinajstić information content (AvgIpc) is 2.68. The standard InChI is InChI=1S/C22H24ClN3O2/c23-16-8-4-9-17(12-16)25-22(28)26-19-10-5-11-20(26)14-18(13-19)24-21(27)15-6-2-1-3-7-15/h1-4,6-9,12,18-20H,5,10-11,13-14H2,(H,24,27)(H,25,28)/t19-,20-/m1/s1. The molecular weight excluding hydrogens is 374 g/mol. The quantitative estimate of drug-likeness (QED) is 0.789. The van der Waals surface area contributed by atoms with E-state index in [2.05, 4.69) is 10.6 Å². The van der Waals surface area contributed by atoms with Crippen LogP contribution in [0.4, 0.5) is 10.5 Å². The minimum atomic E-state index is -0.0789. The van der Waals surface area contributed by atoms with Gasteiger partial charge in [-0.1, -0.05) is 35.9 Å². The van der Waals surface area contributed by atoms with E-state index in [4.69, 9.17) is 11.6 Å². The van der Waals surface area contributed by atoms with Gasteiger partial charge in [0.2, 0.25) is 0 Å². The molecule has 2 aliphatic heterocycles. The molecule has 0 aromatic heterocycles. The first kappa shape index (κ1) is 18.8. The second-order valence-electron chi connectivity index (χ2n) is 7.59. The predicted molar refractivity (Wildman–Crippen MR) is 111 cm³/mol. The molecule has 146 valence electrons. The van der Waals surface area contributed by atoms with Crippen molar-refractivity contribution < 1.29 is 9.59 Å². The Hall–Kier alpha value is -2.53. The van der Waals surface area contributed by atoms with Gasteiger partial charge in [0.05, 0.1) is 0 Å². The third kappa shape index (κ3) is 4.14. The van der Waals surface area contributed by atoms with E-state index in [1.54, 1.807) is 12.1 Å². The molecule has 2 aliphatic rings. The Morgan fingerprint density at radius 1 is 0.964 bits per heavy atom. The van der Waals surface area contributed by atoms with Crippen molar-refractivity contribution in [3.05, 3.63) is 65.2 Å². The van der Waals surface area contributed by atoms with Crippen molar-refractivity contribution in [3.63, 3.8) is 0 Å². The molecule has 0 spiro atoms. The van der Waals surface area contributed by atoms with Gasteiger partial charge >= 0.3 is 6.03 Å². The molecule has 0 saturated carbocycles. The van der Waals surface area contributed by atoms with Gasteiger partial charge in [0.15, 0.2) is 0 Å². The number of hydrogen-bond acceptors (Lipinski definition) is 2. The highest BCUT2D eigenvalue weighted by molar-refractivity contribution is 6.30. The van der Waals surface area contributed by atoms with Gasteiger partial charge in [0.1, 0.15) is 0 Å². The largest absolute Gasteiger partial charge is 0.349 e. The first-order valence-electron chi connectivity index (χ1n) is 9.81. The number of benzene rings is 2. The summed E-state index contributed by atoms with van der Waals surface area (Å²) in [5.41, 5.74) is 1.38. The van der Waals surface area contributed by atoms with Gasteiger partial charge < -0.3 is 15.5 Å². The van der Waals surface area contributed by atoms with Crippen molar-refractivity contribution in [1.82, 2.24) is 10.2 Å². The normalized spacial score (nSPS) is 23.8. The number of halogens is 1. The zero-order chi connectivity index (χ0) is 19.5. The molecule has 3 amide bonds. The summed E-state index contributed by atoms with van der Waals surface area (Å²) in [7, 11) is 0. The van der Waals surface area contributed by atoms with Crippen LogP contribution in [0.5, 0.6) is 0 Å². The highest BCUT2D eigenvalue weighted by Crippen LogP contribution is 2.34. The molecule has 28 heavy (non-hydrogen) atoms. The second kappa shape index (κ2) is 8.23. The smallest absolute Gasteiger partial charge is 0.322 e. The summed E-state index contributed by atoms with van der Waals surface area (Å²) >= 11 is 6.02. The molecule has 0 aliphatic carbocycles. The first-order valence-corrected chi connectivity index (χ1v) is 10.2. The van der Waals surface area contributed by atoms with Crippen LogP contribution in [0, 0.1) is 0 Å². The van der Waals surface area contributed by atoms with Gasteiger partial charge in [-0.05, 0) is 62.4 Å². The van der Waals surface area contributed by atoms with Gasteiger partial charge in [-0.15, -0.1) is 0 Å². The van der Waals surface area contributed by atoms with Crippen LogP contribution >= 0.6 is 11.6 Å². The number of anilines is 1. The van der Waals surface area contributed by atoms with Crippen LogP contribution in [-0.4, -0.2) is 35.0 Å². The SMILES string of the molecule is O=C(NC1C[C@H]2CCC[C@H](C1)N2C(=O)Nc1cccc(Cl)c1)c1ccccc1. The van der Waals surface area contributed by atoms with E-state index in [-0.39, 0.29) is 30.1 Å². The van der Waals surface area contributed by atoms with E-state index in [9.17, 15) is 9.59 Å². The molecule has 2 bridgehead atoms. The number of carbonyl (C=O) groups is 2. The second-order valence-corrected chi connectivity index (χ2v) is 8.03. The van der Waals surface area contributed by atoms with Crippen LogP contribution in [0.1, 0.15) is 42.5 Å². The highest BCUT2D eigenvalue weighted by Gasteiger charge is 2.41. The predicted octanol–water partition coefficient (Wildman–Crippen LogP) is 4.69. The van der Waals surface area contributed by atoms with E-state index in [0.717, 1.165) is 32.1 Å². The van der Waals surface area contributed by atoms with Crippen LogP contribution in [0.2, 0.25) is 5.02 Å². The summed E-state index contributed by atoms with van der Waals surface area (Å²) < 4.78 is 0. The molecule has 2 aromatic rings. The molecule has 0 radical (unpaired) electrons. The molecule has 2 saturated heterocycles. The molecule has 2 N–H and O–H groups in total. The van der Waals surface area contributed by atoms with E-state index >= 15 is 0 Å². The first-order chi connectivity index (χ1) is 13.6. The molecule has 5 nitrogen and oxygen atoms in total. The summed E-state index contributed by atoms with van der Waals surface area (Å²) in [6, 6.07) is 16.8. The van der Waals surface area contributed by atoms with Gasteiger partial charge in [0.25, 0.3) is 5.91 Å². The molecule has 2 fully saturated rings. The maximum Gasteiger partial charge on any atom is 0.322 e. The van der Waals surface area contributed by atoms with Crippen LogP contribution in [-0.2, 0) is 0 Å². The van der Waals surface area contributed by atoms with Crippen LogP contribution in [0.25, 0.3) is 0 Å². The Balaban J connectivity index is 1.42. The van der Waals surface area contributed by atoms with Crippen LogP contribution in [0.15, 0.2) is 54.6 Å². The Bertz CT molecular complexity index is 844. The number of nitrogens with one attached hydrogen (secondary N) is 2. The van der Waals surface area contributed by atoms with Crippen molar-refractivity contribution in [1.29, 1.82) is 0 Å². The maximum absolute atomic E-state index is 12.9. The minimum Gasteiger partial charge on any atom is -0.349 e. The number of piperidine rings is 2. The zero-order valence-electron chi connectivity index (χ0n) is 15.6. The lowest BCUT2D eigenvalue weighted by Crippen LogP contribution is -2.59.